The van der Waals surface area contributed by atoms with Gasteiger partial charge in [0.1, 0.15) is 0 Å². The Morgan fingerprint density at radius 1 is 1.41 bits per heavy atom. The molecule has 0 aliphatic carbocycles. The summed E-state index contributed by atoms with van der Waals surface area (Å²) < 4.78 is 1.97. The summed E-state index contributed by atoms with van der Waals surface area (Å²) in [6.45, 7) is 4.21. The Morgan fingerprint density at radius 2 is 2.18 bits per heavy atom. The van der Waals surface area contributed by atoms with Crippen LogP contribution in [-0.4, -0.2) is 16.8 Å². The van der Waals surface area contributed by atoms with Gasteiger partial charge < -0.3 is 5.32 Å². The molecule has 0 aliphatic rings. The Balaban J connectivity index is 2.21. The second-order valence-electron chi connectivity index (χ2n) is 4.46. The van der Waals surface area contributed by atoms with Gasteiger partial charge in [-0.25, -0.2) is 0 Å². The summed E-state index contributed by atoms with van der Waals surface area (Å²) in [7, 11) is 4.03. The molecule has 0 amide bonds. The van der Waals surface area contributed by atoms with Gasteiger partial charge in [0.25, 0.3) is 0 Å². The molecule has 2 rings (SSSR count). The lowest BCUT2D eigenvalue weighted by Gasteiger charge is -2.16. The zero-order valence-electron chi connectivity index (χ0n) is 10.8. The van der Waals surface area contributed by atoms with Crippen LogP contribution >= 0.6 is 11.3 Å². The van der Waals surface area contributed by atoms with E-state index < -0.39 is 0 Å². The second kappa shape index (κ2) is 5.02. The summed E-state index contributed by atoms with van der Waals surface area (Å²) in [6, 6.07) is 2.53. The van der Waals surface area contributed by atoms with E-state index in [0.29, 0.717) is 6.04 Å². The van der Waals surface area contributed by atoms with Crippen molar-refractivity contribution in [1.29, 1.82) is 0 Å². The molecule has 0 fully saturated rings. The molecule has 17 heavy (non-hydrogen) atoms. The predicted octanol–water partition coefficient (Wildman–Crippen LogP) is 2.60. The van der Waals surface area contributed by atoms with Crippen molar-refractivity contribution in [3.63, 3.8) is 0 Å². The fraction of sp³-hybridized carbons (Fsp3) is 0.462. The number of aryl methyl sites for hydroxylation is 3. The van der Waals surface area contributed by atoms with Crippen LogP contribution in [-0.2, 0) is 13.5 Å². The van der Waals surface area contributed by atoms with E-state index in [1.807, 2.05) is 25.7 Å². The minimum atomic E-state index is 0.371. The van der Waals surface area contributed by atoms with Gasteiger partial charge in [-0.2, -0.15) is 16.4 Å². The molecule has 0 spiro atoms. The van der Waals surface area contributed by atoms with Crippen molar-refractivity contribution in [1.82, 2.24) is 15.1 Å². The topological polar surface area (TPSA) is 29.9 Å². The molecule has 0 radical (unpaired) electrons. The molecular weight excluding hydrogens is 230 g/mol. The number of nitrogens with one attached hydrogen (secondary N) is 1. The Bertz CT molecular complexity index is 498. The van der Waals surface area contributed by atoms with Crippen molar-refractivity contribution in [2.45, 2.75) is 26.3 Å². The zero-order chi connectivity index (χ0) is 12.4. The maximum absolute atomic E-state index is 4.39. The van der Waals surface area contributed by atoms with Crippen molar-refractivity contribution in [2.24, 2.45) is 7.05 Å². The van der Waals surface area contributed by atoms with Crippen LogP contribution in [0.2, 0.25) is 0 Å². The maximum Gasteiger partial charge on any atom is 0.0596 e. The molecule has 2 aromatic heterocycles. The minimum Gasteiger partial charge on any atom is -0.313 e. The van der Waals surface area contributed by atoms with Gasteiger partial charge in [-0.05, 0) is 48.8 Å². The first-order valence-electron chi connectivity index (χ1n) is 5.81. The van der Waals surface area contributed by atoms with Crippen molar-refractivity contribution in [3.05, 3.63) is 39.3 Å². The van der Waals surface area contributed by atoms with Crippen molar-refractivity contribution >= 4 is 11.3 Å². The first-order chi connectivity index (χ1) is 8.11. The van der Waals surface area contributed by atoms with E-state index in [9.17, 15) is 0 Å². The van der Waals surface area contributed by atoms with E-state index in [0.717, 1.165) is 12.1 Å². The molecule has 0 aromatic carbocycles. The Morgan fingerprint density at radius 3 is 2.65 bits per heavy atom. The number of nitrogens with zero attached hydrogens (tertiary/aromatic N) is 2. The number of hydrogen-bond acceptors (Lipinski definition) is 3. The quantitative estimate of drug-likeness (QED) is 0.902. The Labute approximate surface area is 106 Å². The SMILES string of the molecule is CNC(Cc1cc(C)nn1C)c1cscc1C. The number of hydrogen-bond donors (Lipinski definition) is 1. The van der Waals surface area contributed by atoms with Crippen LogP contribution < -0.4 is 5.32 Å². The van der Waals surface area contributed by atoms with E-state index in [4.69, 9.17) is 0 Å². The summed E-state index contributed by atoms with van der Waals surface area (Å²) in [5.74, 6) is 0. The van der Waals surface area contributed by atoms with E-state index >= 15 is 0 Å². The first kappa shape index (κ1) is 12.3. The Hall–Kier alpha value is -1.13. The van der Waals surface area contributed by atoms with Crippen molar-refractivity contribution < 1.29 is 0 Å². The zero-order valence-corrected chi connectivity index (χ0v) is 11.6. The highest BCUT2D eigenvalue weighted by atomic mass is 32.1. The third kappa shape index (κ3) is 2.58. The average Bonchev–Trinajstić information content (AvgIpc) is 2.82. The summed E-state index contributed by atoms with van der Waals surface area (Å²) in [4.78, 5) is 0. The third-order valence-corrected chi connectivity index (χ3v) is 4.01. The second-order valence-corrected chi connectivity index (χ2v) is 5.20. The highest BCUT2D eigenvalue weighted by molar-refractivity contribution is 7.08. The Kier molecular flexibility index (Phi) is 3.64. The van der Waals surface area contributed by atoms with Crippen LogP contribution in [0, 0.1) is 13.8 Å². The van der Waals surface area contributed by atoms with E-state index in [1.165, 1.54) is 16.8 Å². The molecular formula is C13H19N3S. The molecule has 2 heterocycles. The molecule has 2 aromatic rings. The molecule has 4 heteroatoms. The molecule has 0 aliphatic heterocycles. The monoisotopic (exact) mass is 249 g/mol. The summed E-state index contributed by atoms with van der Waals surface area (Å²) in [6.07, 6.45) is 0.978. The lowest BCUT2D eigenvalue weighted by molar-refractivity contribution is 0.560. The van der Waals surface area contributed by atoms with Crippen LogP contribution in [0.4, 0.5) is 0 Å². The number of thiophene rings is 1. The summed E-state index contributed by atoms with van der Waals surface area (Å²) >= 11 is 1.77. The smallest absolute Gasteiger partial charge is 0.0596 e. The summed E-state index contributed by atoms with van der Waals surface area (Å²) in [5, 5.41) is 12.2. The molecule has 1 unspecified atom stereocenters. The van der Waals surface area contributed by atoms with Gasteiger partial charge in [-0.1, -0.05) is 0 Å². The van der Waals surface area contributed by atoms with Gasteiger partial charge in [-0.3, -0.25) is 4.68 Å². The number of rotatable bonds is 4. The van der Waals surface area contributed by atoms with Gasteiger partial charge in [0.15, 0.2) is 0 Å². The lowest BCUT2D eigenvalue weighted by atomic mass is 10.0. The first-order valence-corrected chi connectivity index (χ1v) is 6.75. The van der Waals surface area contributed by atoms with Crippen molar-refractivity contribution in [3.8, 4) is 0 Å². The van der Waals surface area contributed by atoms with E-state index in [-0.39, 0.29) is 0 Å². The normalized spacial score (nSPS) is 12.9. The van der Waals surface area contributed by atoms with Crippen LogP contribution in [0.15, 0.2) is 16.8 Å². The van der Waals surface area contributed by atoms with Gasteiger partial charge in [-0.15, -0.1) is 0 Å². The van der Waals surface area contributed by atoms with Crippen LogP contribution in [0.5, 0.6) is 0 Å². The molecule has 1 atom stereocenters. The minimum absolute atomic E-state index is 0.371. The van der Waals surface area contributed by atoms with Crippen LogP contribution in [0.25, 0.3) is 0 Å². The lowest BCUT2D eigenvalue weighted by Crippen LogP contribution is -2.20. The van der Waals surface area contributed by atoms with E-state index in [2.05, 4.69) is 34.2 Å². The molecule has 0 saturated heterocycles. The average molecular weight is 249 g/mol. The molecule has 92 valence electrons. The molecule has 0 saturated carbocycles. The third-order valence-electron chi connectivity index (χ3n) is 3.13. The largest absolute Gasteiger partial charge is 0.313 e. The number of likely N-dealkylation sites (N-methyl/N-ethyl adjacent to an activating group) is 1. The summed E-state index contributed by atoms with van der Waals surface area (Å²) in [5.41, 5.74) is 5.12. The maximum atomic E-state index is 4.39. The highest BCUT2D eigenvalue weighted by Gasteiger charge is 2.15. The van der Waals surface area contributed by atoms with Gasteiger partial charge in [0.05, 0.1) is 5.69 Å². The van der Waals surface area contributed by atoms with Gasteiger partial charge in [0, 0.05) is 25.2 Å². The standard InChI is InChI=1S/C13H19N3S/c1-9-7-17-8-12(9)13(14-3)6-11-5-10(2)15-16(11)4/h5,7-8,13-14H,6H2,1-4H3. The molecule has 0 bridgehead atoms. The van der Waals surface area contributed by atoms with E-state index in [1.54, 1.807) is 11.3 Å². The number of aromatic nitrogens is 2. The molecule has 1 N–H and O–H groups in total. The molecule has 3 nitrogen and oxygen atoms in total. The van der Waals surface area contributed by atoms with Crippen LogP contribution in [0.1, 0.15) is 28.6 Å². The fourth-order valence-corrected chi connectivity index (χ4v) is 3.06. The predicted molar refractivity (Wildman–Crippen MR) is 72.5 cm³/mol. The van der Waals surface area contributed by atoms with Crippen molar-refractivity contribution in [2.75, 3.05) is 7.05 Å². The highest BCUT2D eigenvalue weighted by Crippen LogP contribution is 2.24. The van der Waals surface area contributed by atoms with Crippen LogP contribution in [0.3, 0.4) is 0 Å². The van der Waals surface area contributed by atoms with Gasteiger partial charge >= 0.3 is 0 Å². The fourth-order valence-electron chi connectivity index (χ4n) is 2.16. The van der Waals surface area contributed by atoms with Gasteiger partial charge in [0.2, 0.25) is 0 Å².